The zero-order valence-corrected chi connectivity index (χ0v) is 12.4. The van der Waals surface area contributed by atoms with Crippen LogP contribution in [0.3, 0.4) is 0 Å². The van der Waals surface area contributed by atoms with Crippen molar-refractivity contribution in [1.29, 1.82) is 0 Å². The van der Waals surface area contributed by atoms with E-state index in [1.165, 1.54) is 0 Å². The van der Waals surface area contributed by atoms with Gasteiger partial charge in [0.05, 0.1) is 16.8 Å². The maximum atomic E-state index is 11.9. The summed E-state index contributed by atoms with van der Waals surface area (Å²) in [6.07, 6.45) is 2.43. The van der Waals surface area contributed by atoms with Crippen molar-refractivity contribution >= 4 is 29.9 Å². The number of hydrogen-bond acceptors (Lipinski definition) is 4. The normalized spacial score (nSPS) is 12.1. The number of hydrogen-bond donors (Lipinski definition) is 2. The van der Waals surface area contributed by atoms with Gasteiger partial charge in [0.2, 0.25) is 5.91 Å². The Balaban J connectivity index is 1.82. The number of thiol groups is 1. The van der Waals surface area contributed by atoms with Crippen molar-refractivity contribution < 1.29 is 4.79 Å². The number of thiazole rings is 1. The standard InChI is InChI=1S/C14H16N2OS2/c1-10-15-8-12(19-10)9-16-14(17)13(18)7-11-5-3-2-4-6-11/h2-6,8,13,18H,7,9H2,1H3,(H,16,17). The molecule has 1 N–H and O–H groups in total. The molecule has 0 fully saturated rings. The van der Waals surface area contributed by atoms with Gasteiger partial charge in [-0.05, 0) is 18.9 Å². The lowest BCUT2D eigenvalue weighted by molar-refractivity contribution is -0.120. The van der Waals surface area contributed by atoms with E-state index in [-0.39, 0.29) is 11.2 Å². The van der Waals surface area contributed by atoms with Crippen LogP contribution >= 0.6 is 24.0 Å². The Bertz CT molecular complexity index is 539. The van der Waals surface area contributed by atoms with Gasteiger partial charge in [0.15, 0.2) is 0 Å². The SMILES string of the molecule is Cc1ncc(CNC(=O)C(S)Cc2ccccc2)s1. The predicted molar refractivity (Wildman–Crippen MR) is 81.6 cm³/mol. The lowest BCUT2D eigenvalue weighted by atomic mass is 10.1. The topological polar surface area (TPSA) is 42.0 Å². The number of benzene rings is 1. The molecule has 3 nitrogen and oxygen atoms in total. The maximum absolute atomic E-state index is 11.9. The molecule has 0 saturated heterocycles. The summed E-state index contributed by atoms with van der Waals surface area (Å²) in [6, 6.07) is 9.90. The van der Waals surface area contributed by atoms with Crippen molar-refractivity contribution in [3.63, 3.8) is 0 Å². The van der Waals surface area contributed by atoms with Crippen LogP contribution in [0.25, 0.3) is 0 Å². The molecular weight excluding hydrogens is 276 g/mol. The molecule has 5 heteroatoms. The molecule has 0 aliphatic heterocycles. The first-order chi connectivity index (χ1) is 9.15. The number of carbonyl (C=O) groups is 1. The van der Waals surface area contributed by atoms with E-state index in [1.807, 2.05) is 37.3 Å². The van der Waals surface area contributed by atoms with Crippen molar-refractivity contribution in [3.8, 4) is 0 Å². The number of nitrogens with zero attached hydrogens (tertiary/aromatic N) is 1. The molecule has 2 rings (SSSR count). The number of nitrogens with one attached hydrogen (secondary N) is 1. The quantitative estimate of drug-likeness (QED) is 0.832. The van der Waals surface area contributed by atoms with Gasteiger partial charge in [-0.2, -0.15) is 12.6 Å². The molecule has 1 atom stereocenters. The minimum atomic E-state index is -0.323. The molecule has 100 valence electrons. The molecule has 0 spiro atoms. The first kappa shape index (κ1) is 14.1. The third kappa shape index (κ3) is 4.36. The van der Waals surface area contributed by atoms with Crippen LogP contribution < -0.4 is 5.32 Å². The Morgan fingerprint density at radius 3 is 2.79 bits per heavy atom. The molecular formula is C14H16N2OS2. The molecule has 0 aliphatic rings. The summed E-state index contributed by atoms with van der Waals surface area (Å²) in [4.78, 5) is 17.1. The highest BCUT2D eigenvalue weighted by atomic mass is 32.1. The Labute approximate surface area is 122 Å². The van der Waals surface area contributed by atoms with Gasteiger partial charge in [-0.3, -0.25) is 4.79 Å². The van der Waals surface area contributed by atoms with Gasteiger partial charge in [-0.25, -0.2) is 4.98 Å². The highest BCUT2D eigenvalue weighted by Crippen LogP contribution is 2.12. The minimum Gasteiger partial charge on any atom is -0.350 e. The minimum absolute atomic E-state index is 0.0433. The molecule has 1 amide bonds. The monoisotopic (exact) mass is 292 g/mol. The van der Waals surface area contributed by atoms with Crippen LogP contribution in [0.2, 0.25) is 0 Å². The highest BCUT2D eigenvalue weighted by molar-refractivity contribution is 7.81. The van der Waals surface area contributed by atoms with E-state index in [0.29, 0.717) is 13.0 Å². The molecule has 0 saturated carbocycles. The molecule has 0 bridgehead atoms. The van der Waals surface area contributed by atoms with Crippen molar-refractivity contribution in [2.45, 2.75) is 25.1 Å². The first-order valence-corrected chi connectivity index (χ1v) is 7.39. The van der Waals surface area contributed by atoms with Gasteiger partial charge in [-0.1, -0.05) is 30.3 Å². The third-order valence-corrected chi connectivity index (χ3v) is 4.01. The van der Waals surface area contributed by atoms with Crippen LogP contribution in [0, 0.1) is 6.92 Å². The van der Waals surface area contributed by atoms with Crippen molar-refractivity contribution in [2.24, 2.45) is 0 Å². The van der Waals surface area contributed by atoms with E-state index in [2.05, 4.69) is 22.9 Å². The predicted octanol–water partition coefficient (Wildman–Crippen LogP) is 2.61. The van der Waals surface area contributed by atoms with Gasteiger partial charge in [0, 0.05) is 11.1 Å². The third-order valence-electron chi connectivity index (χ3n) is 2.68. The van der Waals surface area contributed by atoms with E-state index in [4.69, 9.17) is 0 Å². The van der Waals surface area contributed by atoms with E-state index < -0.39 is 0 Å². The highest BCUT2D eigenvalue weighted by Gasteiger charge is 2.14. The van der Waals surface area contributed by atoms with Crippen LogP contribution in [0.4, 0.5) is 0 Å². The van der Waals surface area contributed by atoms with E-state index in [9.17, 15) is 4.79 Å². The van der Waals surface area contributed by atoms with Crippen LogP contribution in [-0.4, -0.2) is 16.1 Å². The van der Waals surface area contributed by atoms with E-state index in [1.54, 1.807) is 17.5 Å². The summed E-state index contributed by atoms with van der Waals surface area (Å²) >= 11 is 5.96. The molecule has 1 unspecified atom stereocenters. The van der Waals surface area contributed by atoms with Crippen molar-refractivity contribution in [2.75, 3.05) is 0 Å². The van der Waals surface area contributed by atoms with E-state index >= 15 is 0 Å². The van der Waals surface area contributed by atoms with Crippen LogP contribution in [-0.2, 0) is 17.8 Å². The Hall–Kier alpha value is -1.33. The molecule has 2 aromatic rings. The average molecular weight is 292 g/mol. The summed E-state index contributed by atoms with van der Waals surface area (Å²) in [7, 11) is 0. The summed E-state index contributed by atoms with van der Waals surface area (Å²) in [5, 5.41) is 3.57. The number of carbonyl (C=O) groups excluding carboxylic acids is 1. The second-order valence-electron chi connectivity index (χ2n) is 4.27. The van der Waals surface area contributed by atoms with Gasteiger partial charge in [-0.15, -0.1) is 11.3 Å². The van der Waals surface area contributed by atoms with Gasteiger partial charge in [0.25, 0.3) is 0 Å². The summed E-state index contributed by atoms with van der Waals surface area (Å²) in [5.41, 5.74) is 1.12. The number of aryl methyl sites for hydroxylation is 1. The van der Waals surface area contributed by atoms with Crippen molar-refractivity contribution in [3.05, 3.63) is 52.0 Å². The molecule has 1 aromatic carbocycles. The fourth-order valence-corrected chi connectivity index (χ4v) is 2.75. The lowest BCUT2D eigenvalue weighted by Gasteiger charge is -2.10. The molecule has 19 heavy (non-hydrogen) atoms. The van der Waals surface area contributed by atoms with Gasteiger partial charge in [0.1, 0.15) is 0 Å². The zero-order valence-electron chi connectivity index (χ0n) is 10.7. The second-order valence-corrected chi connectivity index (χ2v) is 6.21. The molecule has 0 aliphatic carbocycles. The van der Waals surface area contributed by atoms with Crippen LogP contribution in [0.15, 0.2) is 36.5 Å². The summed E-state index contributed by atoms with van der Waals surface area (Å²) in [5.74, 6) is -0.0433. The summed E-state index contributed by atoms with van der Waals surface area (Å²) in [6.45, 7) is 2.48. The second kappa shape index (κ2) is 6.73. The lowest BCUT2D eigenvalue weighted by Crippen LogP contribution is -2.32. The average Bonchev–Trinajstić information content (AvgIpc) is 2.83. The van der Waals surface area contributed by atoms with Crippen molar-refractivity contribution in [1.82, 2.24) is 10.3 Å². The van der Waals surface area contributed by atoms with Gasteiger partial charge >= 0.3 is 0 Å². The van der Waals surface area contributed by atoms with Crippen LogP contribution in [0.5, 0.6) is 0 Å². The molecule has 1 heterocycles. The zero-order chi connectivity index (χ0) is 13.7. The van der Waals surface area contributed by atoms with Gasteiger partial charge < -0.3 is 5.32 Å². The number of aromatic nitrogens is 1. The Kier molecular flexibility index (Phi) is 4.99. The Morgan fingerprint density at radius 1 is 1.42 bits per heavy atom. The smallest absolute Gasteiger partial charge is 0.233 e. The molecule has 0 radical (unpaired) electrons. The molecule has 1 aromatic heterocycles. The largest absolute Gasteiger partial charge is 0.350 e. The number of amides is 1. The maximum Gasteiger partial charge on any atom is 0.233 e. The van der Waals surface area contributed by atoms with E-state index in [0.717, 1.165) is 15.4 Å². The van der Waals surface area contributed by atoms with Crippen LogP contribution in [0.1, 0.15) is 15.4 Å². The fourth-order valence-electron chi connectivity index (χ4n) is 1.71. The first-order valence-electron chi connectivity index (χ1n) is 6.06. The Morgan fingerprint density at radius 2 is 2.16 bits per heavy atom. The summed E-state index contributed by atoms with van der Waals surface area (Å²) < 4.78 is 0. The fraction of sp³-hybridized carbons (Fsp3) is 0.286. The number of rotatable bonds is 5.